The minimum absolute atomic E-state index is 0.158. The number of hydrogen-bond acceptors (Lipinski definition) is 4. The van der Waals surface area contributed by atoms with Crippen molar-refractivity contribution in [2.24, 2.45) is 11.1 Å². The molecule has 0 fully saturated rings. The number of nitrogens with two attached hydrogens (primary N) is 1. The number of rotatable bonds is 4. The third-order valence-electron chi connectivity index (χ3n) is 2.57. The van der Waals surface area contributed by atoms with Crippen LogP contribution in [-0.2, 0) is 10.0 Å². The molecule has 1 unspecified atom stereocenters. The van der Waals surface area contributed by atoms with Gasteiger partial charge in [-0.3, -0.25) is 4.98 Å². The lowest BCUT2D eigenvalue weighted by atomic mass is 9.88. The van der Waals surface area contributed by atoms with Crippen molar-refractivity contribution in [2.75, 3.05) is 6.54 Å². The van der Waals surface area contributed by atoms with E-state index in [0.29, 0.717) is 0 Å². The molecule has 1 aromatic heterocycles. The van der Waals surface area contributed by atoms with Crippen molar-refractivity contribution in [3.05, 3.63) is 24.3 Å². The predicted octanol–water partition coefficient (Wildman–Crippen LogP) is 0.872. The van der Waals surface area contributed by atoms with E-state index >= 15 is 0 Å². The maximum atomic E-state index is 13.0. The summed E-state index contributed by atoms with van der Waals surface area (Å²) in [6.45, 7) is 5.77. The first-order chi connectivity index (χ1) is 8.16. The fraction of sp³-hybridized carbons (Fsp3) is 0.545. The Morgan fingerprint density at radius 1 is 1.44 bits per heavy atom. The third kappa shape index (κ3) is 3.72. The van der Waals surface area contributed by atoms with Crippen LogP contribution in [0.4, 0.5) is 4.39 Å². The monoisotopic (exact) mass is 275 g/mol. The summed E-state index contributed by atoms with van der Waals surface area (Å²) in [5.41, 5.74) is 5.23. The van der Waals surface area contributed by atoms with Crippen LogP contribution in [0.5, 0.6) is 0 Å². The molecule has 0 bridgehead atoms. The van der Waals surface area contributed by atoms with Crippen LogP contribution in [0.25, 0.3) is 0 Å². The van der Waals surface area contributed by atoms with Gasteiger partial charge in [-0.1, -0.05) is 20.8 Å². The fourth-order valence-corrected chi connectivity index (χ4v) is 2.80. The van der Waals surface area contributed by atoms with Gasteiger partial charge in [0.2, 0.25) is 10.0 Å². The Kier molecular flexibility index (Phi) is 4.41. The second-order valence-electron chi connectivity index (χ2n) is 5.11. The van der Waals surface area contributed by atoms with Gasteiger partial charge in [0, 0.05) is 18.8 Å². The minimum Gasteiger partial charge on any atom is -0.329 e. The van der Waals surface area contributed by atoms with Gasteiger partial charge in [0.15, 0.2) is 0 Å². The Hall–Kier alpha value is -1.05. The highest BCUT2D eigenvalue weighted by molar-refractivity contribution is 7.89. The highest BCUT2D eigenvalue weighted by Crippen LogP contribution is 2.20. The molecule has 1 rings (SSSR count). The van der Waals surface area contributed by atoms with Crippen molar-refractivity contribution >= 4 is 10.0 Å². The summed E-state index contributed by atoms with van der Waals surface area (Å²) in [5.74, 6) is -0.696. The second-order valence-corrected chi connectivity index (χ2v) is 6.83. The smallest absolute Gasteiger partial charge is 0.242 e. The lowest BCUT2D eigenvalue weighted by molar-refractivity contribution is 0.304. The first-order valence-electron chi connectivity index (χ1n) is 5.50. The lowest BCUT2D eigenvalue weighted by Crippen LogP contribution is -2.48. The average Bonchev–Trinajstić information content (AvgIpc) is 2.24. The van der Waals surface area contributed by atoms with E-state index in [0.717, 1.165) is 18.5 Å². The van der Waals surface area contributed by atoms with Gasteiger partial charge in [-0.25, -0.2) is 17.5 Å². The Labute approximate surface area is 107 Å². The molecule has 0 saturated carbocycles. The van der Waals surface area contributed by atoms with Crippen LogP contribution in [0.15, 0.2) is 23.4 Å². The number of halogens is 1. The molecule has 18 heavy (non-hydrogen) atoms. The summed E-state index contributed by atoms with van der Waals surface area (Å²) in [6, 6.07) is 0.483. The molecule has 0 spiro atoms. The molecule has 1 heterocycles. The molecular weight excluding hydrogens is 257 g/mol. The summed E-state index contributed by atoms with van der Waals surface area (Å²) in [4.78, 5) is 3.32. The maximum Gasteiger partial charge on any atom is 0.242 e. The summed E-state index contributed by atoms with van der Waals surface area (Å²) < 4.78 is 39.5. The highest BCUT2D eigenvalue weighted by Gasteiger charge is 2.28. The molecule has 0 saturated heterocycles. The Morgan fingerprint density at radius 3 is 2.50 bits per heavy atom. The van der Waals surface area contributed by atoms with E-state index in [2.05, 4.69) is 9.71 Å². The molecule has 5 nitrogen and oxygen atoms in total. The van der Waals surface area contributed by atoms with Crippen LogP contribution in [-0.4, -0.2) is 26.0 Å². The standard InChI is InChI=1S/C11H18FN3O2S/c1-11(2,3)10(5-13)15-18(16,17)9-4-8(12)6-14-7-9/h4,6-7,10,15H,5,13H2,1-3H3. The molecule has 0 aliphatic carbocycles. The number of aromatic nitrogens is 1. The molecule has 1 aromatic rings. The van der Waals surface area contributed by atoms with Crippen molar-refractivity contribution in [2.45, 2.75) is 31.7 Å². The zero-order valence-electron chi connectivity index (χ0n) is 10.6. The van der Waals surface area contributed by atoms with Crippen LogP contribution in [0.1, 0.15) is 20.8 Å². The van der Waals surface area contributed by atoms with Gasteiger partial charge in [0.1, 0.15) is 10.7 Å². The van der Waals surface area contributed by atoms with Crippen LogP contribution < -0.4 is 10.5 Å². The highest BCUT2D eigenvalue weighted by atomic mass is 32.2. The van der Waals surface area contributed by atoms with Crippen LogP contribution in [0.3, 0.4) is 0 Å². The second kappa shape index (κ2) is 5.29. The van der Waals surface area contributed by atoms with Crippen molar-refractivity contribution in [3.8, 4) is 0 Å². The zero-order valence-corrected chi connectivity index (χ0v) is 11.5. The van der Waals surface area contributed by atoms with Gasteiger partial charge in [-0.2, -0.15) is 0 Å². The molecule has 0 aromatic carbocycles. The largest absolute Gasteiger partial charge is 0.329 e. The average molecular weight is 275 g/mol. The van der Waals surface area contributed by atoms with Gasteiger partial charge in [-0.15, -0.1) is 0 Å². The Balaban J connectivity index is 3.02. The number of sulfonamides is 1. The topological polar surface area (TPSA) is 85.1 Å². The SMILES string of the molecule is CC(C)(C)C(CN)NS(=O)(=O)c1cncc(F)c1. The lowest BCUT2D eigenvalue weighted by Gasteiger charge is -2.30. The molecule has 7 heteroatoms. The minimum atomic E-state index is -3.81. The normalized spacial score (nSPS) is 14.5. The third-order valence-corrected chi connectivity index (χ3v) is 4.01. The number of pyridine rings is 1. The first-order valence-corrected chi connectivity index (χ1v) is 6.98. The number of nitrogens with one attached hydrogen (secondary N) is 1. The van der Waals surface area contributed by atoms with Gasteiger partial charge in [0.05, 0.1) is 6.20 Å². The van der Waals surface area contributed by atoms with Gasteiger partial charge < -0.3 is 5.73 Å². The van der Waals surface area contributed by atoms with Crippen LogP contribution in [0.2, 0.25) is 0 Å². The van der Waals surface area contributed by atoms with E-state index in [4.69, 9.17) is 5.73 Å². The molecule has 0 aliphatic heterocycles. The summed E-state index contributed by atoms with van der Waals surface area (Å²) in [7, 11) is -3.81. The molecule has 3 N–H and O–H groups in total. The molecule has 102 valence electrons. The summed E-state index contributed by atoms with van der Waals surface area (Å²) in [6.07, 6.45) is 2.05. The molecule has 0 amide bonds. The number of nitrogens with zero attached hydrogens (tertiary/aromatic N) is 1. The van der Waals surface area contributed by atoms with E-state index in [1.807, 2.05) is 20.8 Å². The molecule has 0 radical (unpaired) electrons. The number of hydrogen-bond donors (Lipinski definition) is 2. The van der Waals surface area contributed by atoms with E-state index in [9.17, 15) is 12.8 Å². The fourth-order valence-electron chi connectivity index (χ4n) is 1.37. The predicted molar refractivity (Wildman–Crippen MR) is 66.8 cm³/mol. The summed E-state index contributed by atoms with van der Waals surface area (Å²) >= 11 is 0. The molecule has 0 aliphatic rings. The van der Waals surface area contributed by atoms with Crippen LogP contribution in [0, 0.1) is 11.2 Å². The van der Waals surface area contributed by atoms with Crippen molar-refractivity contribution in [3.63, 3.8) is 0 Å². The van der Waals surface area contributed by atoms with Crippen molar-refractivity contribution < 1.29 is 12.8 Å². The molecular formula is C11H18FN3O2S. The molecule has 1 atom stereocenters. The Bertz CT molecular complexity index is 511. The van der Waals surface area contributed by atoms with E-state index < -0.39 is 21.9 Å². The summed E-state index contributed by atoms with van der Waals surface area (Å²) in [5, 5.41) is 0. The van der Waals surface area contributed by atoms with Crippen LogP contribution >= 0.6 is 0 Å². The van der Waals surface area contributed by atoms with Crippen molar-refractivity contribution in [1.29, 1.82) is 0 Å². The van der Waals surface area contributed by atoms with Gasteiger partial charge >= 0.3 is 0 Å². The quantitative estimate of drug-likeness (QED) is 0.854. The van der Waals surface area contributed by atoms with Gasteiger partial charge in [-0.05, 0) is 11.5 Å². The van der Waals surface area contributed by atoms with E-state index in [1.54, 1.807) is 0 Å². The zero-order chi connectivity index (χ0) is 14.0. The maximum absolute atomic E-state index is 13.0. The van der Waals surface area contributed by atoms with Crippen molar-refractivity contribution in [1.82, 2.24) is 9.71 Å². The van der Waals surface area contributed by atoms with Gasteiger partial charge in [0.25, 0.3) is 0 Å². The Morgan fingerprint density at radius 2 is 2.06 bits per heavy atom. The first kappa shape index (κ1) is 15.0. The van der Waals surface area contributed by atoms with E-state index in [1.165, 1.54) is 0 Å². The van der Waals surface area contributed by atoms with E-state index in [-0.39, 0.29) is 16.9 Å².